The lowest BCUT2D eigenvalue weighted by molar-refractivity contribution is -0.132. The molecule has 3 aromatic rings. The fourth-order valence-electron chi connectivity index (χ4n) is 2.86. The first-order chi connectivity index (χ1) is 15.3. The molecule has 0 aliphatic heterocycles. The second kappa shape index (κ2) is 10.2. The van der Waals surface area contributed by atoms with Crippen LogP contribution in [0.15, 0.2) is 54.6 Å². The lowest BCUT2D eigenvalue weighted by Crippen LogP contribution is -2.07. The highest BCUT2D eigenvalue weighted by molar-refractivity contribution is 6.02. The summed E-state index contributed by atoms with van der Waals surface area (Å²) >= 11 is 0. The maximum atomic E-state index is 12.3. The van der Waals surface area contributed by atoms with E-state index >= 15 is 0 Å². The second-order valence-electron chi connectivity index (χ2n) is 6.89. The van der Waals surface area contributed by atoms with Gasteiger partial charge in [-0.25, -0.2) is 9.97 Å². The first-order valence-electron chi connectivity index (χ1n) is 9.78. The molecule has 0 saturated heterocycles. The Bertz CT molecular complexity index is 1150. The van der Waals surface area contributed by atoms with Gasteiger partial charge >= 0.3 is 12.0 Å². The normalized spacial score (nSPS) is 10.6. The minimum atomic E-state index is -0.443. The predicted octanol–water partition coefficient (Wildman–Crippen LogP) is 4.47. The zero-order valence-corrected chi connectivity index (χ0v) is 18.2. The van der Waals surface area contributed by atoms with Crippen LogP contribution >= 0.6 is 0 Å². The van der Waals surface area contributed by atoms with E-state index in [0.29, 0.717) is 28.5 Å². The highest BCUT2D eigenvalue weighted by Crippen LogP contribution is 2.28. The van der Waals surface area contributed by atoms with Gasteiger partial charge in [-0.1, -0.05) is 12.1 Å². The number of nitrogens with zero attached hydrogens (tertiary/aromatic N) is 2. The number of ether oxygens (including phenoxy) is 3. The lowest BCUT2D eigenvalue weighted by Gasteiger charge is -2.09. The Morgan fingerprint density at radius 2 is 1.72 bits per heavy atom. The third-order valence-corrected chi connectivity index (χ3v) is 4.14. The number of carbonyl (C=O) groups excluding carboxylic acids is 2. The third-order valence-electron chi connectivity index (χ3n) is 4.14. The van der Waals surface area contributed by atoms with Crippen molar-refractivity contribution in [3.8, 4) is 23.3 Å². The Kier molecular flexibility index (Phi) is 7.17. The van der Waals surface area contributed by atoms with Gasteiger partial charge in [-0.15, -0.1) is 0 Å². The van der Waals surface area contributed by atoms with Crippen molar-refractivity contribution in [1.29, 1.82) is 0 Å². The first-order valence-corrected chi connectivity index (χ1v) is 9.78. The lowest BCUT2D eigenvalue weighted by atomic mass is 10.2. The molecule has 1 N–H and O–H groups in total. The van der Waals surface area contributed by atoms with Gasteiger partial charge in [0, 0.05) is 36.1 Å². The fourth-order valence-corrected chi connectivity index (χ4v) is 2.86. The minimum absolute atomic E-state index is 0.247. The molecular weight excluding hydrogens is 410 g/mol. The van der Waals surface area contributed by atoms with Crippen LogP contribution in [0.2, 0.25) is 0 Å². The van der Waals surface area contributed by atoms with Crippen LogP contribution in [0.4, 0.5) is 5.69 Å². The van der Waals surface area contributed by atoms with Crippen molar-refractivity contribution in [3.05, 3.63) is 71.6 Å². The van der Waals surface area contributed by atoms with Gasteiger partial charge in [-0.05, 0) is 55.8 Å². The molecule has 1 amide bonds. The zero-order chi connectivity index (χ0) is 23.1. The number of nitrogens with one attached hydrogen (secondary N) is 1. The highest BCUT2D eigenvalue weighted by Gasteiger charge is 2.08. The molecule has 0 radical (unpaired) electrons. The number of aromatic nitrogens is 2. The number of rotatable bonds is 7. The third kappa shape index (κ3) is 6.40. The van der Waals surface area contributed by atoms with Crippen LogP contribution in [0.25, 0.3) is 6.08 Å². The summed E-state index contributed by atoms with van der Waals surface area (Å²) in [6.07, 6.45) is 3.01. The van der Waals surface area contributed by atoms with E-state index in [1.807, 2.05) is 19.9 Å². The topological polar surface area (TPSA) is 99.6 Å². The maximum absolute atomic E-state index is 12.3. The van der Waals surface area contributed by atoms with Crippen molar-refractivity contribution in [3.63, 3.8) is 0 Å². The van der Waals surface area contributed by atoms with Gasteiger partial charge in [0.2, 0.25) is 5.91 Å². The van der Waals surface area contributed by atoms with Crippen molar-refractivity contribution >= 4 is 23.6 Å². The van der Waals surface area contributed by atoms with E-state index in [4.69, 9.17) is 14.2 Å². The molecule has 1 aromatic heterocycles. The Hall–Kier alpha value is -4.20. The summed E-state index contributed by atoms with van der Waals surface area (Å²) in [5.41, 5.74) is 2.88. The summed E-state index contributed by atoms with van der Waals surface area (Å²) in [4.78, 5) is 32.0. The number of esters is 1. The van der Waals surface area contributed by atoms with Gasteiger partial charge < -0.3 is 19.5 Å². The highest BCUT2D eigenvalue weighted by atomic mass is 16.6. The van der Waals surface area contributed by atoms with Gasteiger partial charge in [0.1, 0.15) is 5.75 Å². The molecular formula is C24H23N3O5. The van der Waals surface area contributed by atoms with E-state index in [2.05, 4.69) is 15.3 Å². The van der Waals surface area contributed by atoms with Crippen LogP contribution in [0.1, 0.15) is 23.9 Å². The number of methoxy groups -OCH3 is 1. The van der Waals surface area contributed by atoms with Gasteiger partial charge in [0.25, 0.3) is 0 Å². The standard InChI is InChI=1S/C24H23N3O5/c1-15-12-16(2)26-24(25-15)32-20-7-5-6-19(14-20)27-23(29)11-9-18-8-10-21(31-17(3)28)22(13-18)30-4/h5-14H,1-4H3,(H,27,29)/b11-9+. The Labute approximate surface area is 185 Å². The smallest absolute Gasteiger partial charge is 0.322 e. The van der Waals surface area contributed by atoms with Crippen molar-refractivity contribution < 1.29 is 23.8 Å². The van der Waals surface area contributed by atoms with Crippen LogP contribution in [-0.4, -0.2) is 29.0 Å². The second-order valence-corrected chi connectivity index (χ2v) is 6.89. The summed E-state index contributed by atoms with van der Waals surface area (Å²) in [6, 6.07) is 14.0. The minimum Gasteiger partial charge on any atom is -0.493 e. The fraction of sp³-hybridized carbons (Fsp3) is 0.167. The Morgan fingerprint density at radius 3 is 2.41 bits per heavy atom. The molecule has 8 heteroatoms. The van der Waals surface area contributed by atoms with Gasteiger partial charge in [-0.3, -0.25) is 9.59 Å². The molecule has 32 heavy (non-hydrogen) atoms. The van der Waals surface area contributed by atoms with Crippen LogP contribution in [0.3, 0.4) is 0 Å². The molecule has 2 aromatic carbocycles. The average Bonchev–Trinajstić information content (AvgIpc) is 2.72. The molecule has 0 aliphatic carbocycles. The first kappa shape index (κ1) is 22.5. The molecule has 0 saturated carbocycles. The molecule has 164 valence electrons. The largest absolute Gasteiger partial charge is 0.493 e. The van der Waals surface area contributed by atoms with Crippen molar-refractivity contribution in [2.45, 2.75) is 20.8 Å². The molecule has 0 aliphatic rings. The summed E-state index contributed by atoms with van der Waals surface area (Å²) in [5, 5.41) is 2.78. The summed E-state index contributed by atoms with van der Waals surface area (Å²) < 4.78 is 16.0. The van der Waals surface area contributed by atoms with E-state index in [-0.39, 0.29) is 11.9 Å². The number of hydrogen-bond donors (Lipinski definition) is 1. The van der Waals surface area contributed by atoms with Crippen LogP contribution in [-0.2, 0) is 9.59 Å². The Morgan fingerprint density at radius 1 is 0.969 bits per heavy atom. The zero-order valence-electron chi connectivity index (χ0n) is 18.2. The maximum Gasteiger partial charge on any atom is 0.322 e. The molecule has 0 unspecified atom stereocenters. The van der Waals surface area contributed by atoms with Crippen molar-refractivity contribution in [2.75, 3.05) is 12.4 Å². The molecule has 0 fully saturated rings. The van der Waals surface area contributed by atoms with Gasteiger partial charge in [-0.2, -0.15) is 0 Å². The predicted molar refractivity (Wildman–Crippen MR) is 120 cm³/mol. The summed E-state index contributed by atoms with van der Waals surface area (Å²) in [7, 11) is 1.47. The molecule has 8 nitrogen and oxygen atoms in total. The van der Waals surface area contributed by atoms with E-state index in [9.17, 15) is 9.59 Å². The van der Waals surface area contributed by atoms with Gasteiger partial charge in [0.05, 0.1) is 7.11 Å². The monoisotopic (exact) mass is 433 g/mol. The van der Waals surface area contributed by atoms with E-state index < -0.39 is 5.97 Å². The average molecular weight is 433 g/mol. The summed E-state index contributed by atoms with van der Waals surface area (Å²) in [5.74, 6) is 0.434. The molecule has 0 spiro atoms. The number of anilines is 1. The van der Waals surface area contributed by atoms with Crippen LogP contribution in [0.5, 0.6) is 23.3 Å². The SMILES string of the molecule is COc1cc(/C=C/C(=O)Nc2cccc(Oc3nc(C)cc(C)n3)c2)ccc1OC(C)=O. The van der Waals surface area contributed by atoms with Crippen molar-refractivity contribution in [1.82, 2.24) is 9.97 Å². The Balaban J connectivity index is 1.66. The van der Waals surface area contributed by atoms with Crippen molar-refractivity contribution in [2.24, 2.45) is 0 Å². The van der Waals surface area contributed by atoms with Crippen LogP contribution < -0.4 is 19.5 Å². The number of benzene rings is 2. The van der Waals surface area contributed by atoms with E-state index in [1.54, 1.807) is 48.5 Å². The molecule has 1 heterocycles. The van der Waals surface area contributed by atoms with Gasteiger partial charge in [0.15, 0.2) is 11.5 Å². The number of hydrogen-bond acceptors (Lipinski definition) is 7. The van der Waals surface area contributed by atoms with E-state index in [0.717, 1.165) is 11.4 Å². The van der Waals surface area contributed by atoms with Crippen LogP contribution in [0, 0.1) is 13.8 Å². The summed E-state index contributed by atoms with van der Waals surface area (Å²) in [6.45, 7) is 5.04. The molecule has 0 bridgehead atoms. The number of aryl methyl sites for hydroxylation is 2. The van der Waals surface area contributed by atoms with E-state index in [1.165, 1.54) is 20.1 Å². The quantitative estimate of drug-likeness (QED) is 0.333. The molecule has 3 rings (SSSR count). The number of carbonyl (C=O) groups is 2. The molecule has 0 atom stereocenters. The number of amides is 1.